The van der Waals surface area contributed by atoms with Crippen LogP contribution in [0, 0.1) is 12.8 Å². The molecule has 2 N–H and O–H groups in total. The Morgan fingerprint density at radius 3 is 2.80 bits per heavy atom. The molecule has 0 bridgehead atoms. The third-order valence-corrected chi connectivity index (χ3v) is 4.53. The van der Waals surface area contributed by atoms with Gasteiger partial charge in [-0.2, -0.15) is 0 Å². The molecule has 1 atom stereocenters. The summed E-state index contributed by atoms with van der Waals surface area (Å²) < 4.78 is 5.89. The van der Waals surface area contributed by atoms with Gasteiger partial charge in [0.2, 0.25) is 5.91 Å². The van der Waals surface area contributed by atoms with Crippen LogP contribution in [-0.2, 0) is 4.79 Å². The maximum absolute atomic E-state index is 12.3. The minimum atomic E-state index is 0.0519. The van der Waals surface area contributed by atoms with Crippen LogP contribution in [0.2, 0.25) is 0 Å². The van der Waals surface area contributed by atoms with E-state index >= 15 is 0 Å². The monoisotopic (exact) mass is 345 g/mol. The number of hydrogen-bond donors (Lipinski definition) is 2. The molecule has 4 nitrogen and oxygen atoms in total. The second-order valence-electron chi connectivity index (χ2n) is 6.86. The van der Waals surface area contributed by atoms with Crippen molar-refractivity contribution in [2.24, 2.45) is 5.92 Å². The largest absolute Gasteiger partial charge is 0.491 e. The lowest BCUT2D eigenvalue weighted by Crippen LogP contribution is -2.15. The van der Waals surface area contributed by atoms with E-state index in [0.29, 0.717) is 18.9 Å². The predicted molar refractivity (Wildman–Crippen MR) is 102 cm³/mol. The molecule has 1 aromatic carbocycles. The summed E-state index contributed by atoms with van der Waals surface area (Å²) >= 11 is 0. The first-order chi connectivity index (χ1) is 12.2. The molecule has 1 amide bonds. The maximum atomic E-state index is 12.3. The average Bonchev–Trinajstić information content (AvgIpc) is 3.08. The minimum Gasteiger partial charge on any atom is -0.491 e. The number of benzene rings is 1. The molecule has 0 saturated heterocycles. The molecular formula is C21H31NO3. The number of aliphatic hydroxyl groups is 1. The molecule has 1 aliphatic carbocycles. The number of hydrogen-bond acceptors (Lipinski definition) is 3. The van der Waals surface area contributed by atoms with Crippen molar-refractivity contribution in [3.05, 3.63) is 35.9 Å². The van der Waals surface area contributed by atoms with Crippen LogP contribution in [0.3, 0.4) is 0 Å². The average molecular weight is 345 g/mol. The van der Waals surface area contributed by atoms with E-state index in [1.54, 1.807) is 0 Å². The lowest BCUT2D eigenvalue weighted by Gasteiger charge is -2.14. The summed E-state index contributed by atoms with van der Waals surface area (Å²) in [6.45, 7) is 2.94. The molecule has 138 valence electrons. The molecule has 1 aliphatic rings. The van der Waals surface area contributed by atoms with Crippen LogP contribution >= 0.6 is 0 Å². The molecule has 0 heterocycles. The van der Waals surface area contributed by atoms with Gasteiger partial charge in [-0.25, -0.2) is 0 Å². The predicted octanol–water partition coefficient (Wildman–Crippen LogP) is 4.61. The Balaban J connectivity index is 1.79. The van der Waals surface area contributed by atoms with Crippen molar-refractivity contribution in [2.45, 2.75) is 58.3 Å². The number of amides is 1. The van der Waals surface area contributed by atoms with Crippen LogP contribution in [-0.4, -0.2) is 24.2 Å². The molecule has 0 saturated carbocycles. The molecule has 0 radical (unpaired) electrons. The number of rotatable bonds is 11. The van der Waals surface area contributed by atoms with Crippen molar-refractivity contribution in [1.29, 1.82) is 0 Å². The van der Waals surface area contributed by atoms with E-state index in [0.717, 1.165) is 61.9 Å². The Bertz CT molecular complexity index is 568. The number of allylic oxidation sites excluding steroid dienone is 2. The summed E-state index contributed by atoms with van der Waals surface area (Å²) in [5.41, 5.74) is 1.87. The van der Waals surface area contributed by atoms with Gasteiger partial charge in [-0.3, -0.25) is 4.79 Å². The van der Waals surface area contributed by atoms with E-state index in [2.05, 4.69) is 17.5 Å². The van der Waals surface area contributed by atoms with Gasteiger partial charge in [0.05, 0.1) is 12.3 Å². The van der Waals surface area contributed by atoms with E-state index in [-0.39, 0.29) is 12.5 Å². The first-order valence-electron chi connectivity index (χ1n) is 9.50. The van der Waals surface area contributed by atoms with E-state index in [4.69, 9.17) is 9.84 Å². The number of carbonyl (C=O) groups is 1. The van der Waals surface area contributed by atoms with Gasteiger partial charge < -0.3 is 15.2 Å². The van der Waals surface area contributed by atoms with Crippen LogP contribution in [0.5, 0.6) is 5.75 Å². The number of aryl methyl sites for hydroxylation is 1. The Hall–Kier alpha value is -1.81. The summed E-state index contributed by atoms with van der Waals surface area (Å²) in [5.74, 6) is 1.17. The fourth-order valence-electron chi connectivity index (χ4n) is 3.10. The normalized spacial score (nSPS) is 16.2. The molecule has 4 heteroatoms. The molecule has 0 aromatic heterocycles. The second-order valence-corrected chi connectivity index (χ2v) is 6.86. The van der Waals surface area contributed by atoms with Gasteiger partial charge >= 0.3 is 0 Å². The van der Waals surface area contributed by atoms with E-state index in [9.17, 15) is 4.79 Å². The Morgan fingerprint density at radius 1 is 1.24 bits per heavy atom. The van der Waals surface area contributed by atoms with Crippen molar-refractivity contribution in [3.8, 4) is 5.75 Å². The van der Waals surface area contributed by atoms with Gasteiger partial charge in [0.1, 0.15) is 5.75 Å². The highest BCUT2D eigenvalue weighted by Crippen LogP contribution is 2.27. The highest BCUT2D eigenvalue weighted by atomic mass is 16.5. The van der Waals surface area contributed by atoms with E-state index in [1.165, 1.54) is 0 Å². The standard InChI is InChI=1S/C21H31NO3/c1-17-11-12-20(25-14-8-4-2-3-7-13-23)19(15-17)22-21(24)16-18-9-5-6-10-18/h5,9,11-12,15,18,23H,2-4,6-8,10,13-14,16H2,1H3,(H,22,24). The number of unbranched alkanes of at least 4 members (excludes halogenated alkanes) is 4. The summed E-state index contributed by atoms with van der Waals surface area (Å²) in [7, 11) is 0. The zero-order chi connectivity index (χ0) is 17.9. The van der Waals surface area contributed by atoms with Crippen LogP contribution in [0.1, 0.15) is 56.9 Å². The van der Waals surface area contributed by atoms with Gasteiger partial charge in [-0.1, -0.05) is 37.5 Å². The lowest BCUT2D eigenvalue weighted by molar-refractivity contribution is -0.116. The van der Waals surface area contributed by atoms with Crippen molar-refractivity contribution in [2.75, 3.05) is 18.5 Å². The van der Waals surface area contributed by atoms with Crippen molar-refractivity contribution >= 4 is 11.6 Å². The second kappa shape index (κ2) is 10.9. The Kier molecular flexibility index (Phi) is 8.53. The summed E-state index contributed by atoms with van der Waals surface area (Å²) in [4.78, 5) is 12.3. The Morgan fingerprint density at radius 2 is 2.04 bits per heavy atom. The molecule has 25 heavy (non-hydrogen) atoms. The first-order valence-corrected chi connectivity index (χ1v) is 9.50. The SMILES string of the molecule is Cc1ccc(OCCCCCCCO)c(NC(=O)CC2C=CCC2)c1. The zero-order valence-corrected chi connectivity index (χ0v) is 15.3. The van der Waals surface area contributed by atoms with Crippen LogP contribution in [0.25, 0.3) is 0 Å². The van der Waals surface area contributed by atoms with Crippen molar-refractivity contribution < 1.29 is 14.6 Å². The third-order valence-electron chi connectivity index (χ3n) is 4.53. The molecule has 2 rings (SSSR count). The van der Waals surface area contributed by atoms with Crippen molar-refractivity contribution in [3.63, 3.8) is 0 Å². The fraction of sp³-hybridized carbons (Fsp3) is 0.571. The molecule has 1 aromatic rings. The molecule has 0 aliphatic heterocycles. The Labute approximate surface area is 151 Å². The minimum absolute atomic E-state index is 0.0519. The van der Waals surface area contributed by atoms with Gasteiger partial charge in [0, 0.05) is 13.0 Å². The number of carbonyl (C=O) groups excluding carboxylic acids is 1. The van der Waals surface area contributed by atoms with Crippen LogP contribution < -0.4 is 10.1 Å². The highest BCUT2D eigenvalue weighted by molar-refractivity contribution is 5.92. The van der Waals surface area contributed by atoms with E-state index in [1.807, 2.05) is 25.1 Å². The zero-order valence-electron chi connectivity index (χ0n) is 15.3. The fourth-order valence-corrected chi connectivity index (χ4v) is 3.10. The number of aliphatic hydroxyl groups excluding tert-OH is 1. The molecule has 0 fully saturated rings. The first kappa shape index (κ1) is 19.5. The number of anilines is 1. The number of ether oxygens (including phenoxy) is 1. The maximum Gasteiger partial charge on any atom is 0.225 e. The van der Waals surface area contributed by atoms with Crippen LogP contribution in [0.4, 0.5) is 5.69 Å². The quantitative estimate of drug-likeness (QED) is 0.455. The summed E-state index contributed by atoms with van der Waals surface area (Å²) in [6.07, 6.45) is 12.1. The van der Waals surface area contributed by atoms with Crippen molar-refractivity contribution in [1.82, 2.24) is 0 Å². The highest BCUT2D eigenvalue weighted by Gasteiger charge is 2.15. The molecule has 1 unspecified atom stereocenters. The summed E-state index contributed by atoms with van der Waals surface area (Å²) in [5, 5.41) is 11.8. The van der Waals surface area contributed by atoms with E-state index < -0.39 is 0 Å². The van der Waals surface area contributed by atoms with Crippen LogP contribution in [0.15, 0.2) is 30.4 Å². The summed E-state index contributed by atoms with van der Waals surface area (Å²) in [6, 6.07) is 5.91. The molecular weight excluding hydrogens is 314 g/mol. The number of nitrogens with one attached hydrogen (secondary N) is 1. The topological polar surface area (TPSA) is 58.6 Å². The lowest BCUT2D eigenvalue weighted by atomic mass is 10.0. The van der Waals surface area contributed by atoms with Gasteiger partial charge in [0.25, 0.3) is 0 Å². The smallest absolute Gasteiger partial charge is 0.225 e. The van der Waals surface area contributed by atoms with Gasteiger partial charge in [0.15, 0.2) is 0 Å². The molecule has 0 spiro atoms. The van der Waals surface area contributed by atoms with Gasteiger partial charge in [-0.15, -0.1) is 0 Å². The van der Waals surface area contributed by atoms with Gasteiger partial charge in [-0.05, 0) is 56.2 Å². The third kappa shape index (κ3) is 7.30.